The number of hydrogen-bond acceptors (Lipinski definition) is 3. The summed E-state index contributed by atoms with van der Waals surface area (Å²) >= 11 is 0. The number of Topliss-reactive ketones (excluding diaryl/α,β-unsaturated/α-hetero) is 1. The Kier molecular flexibility index (Phi) is 8.29. The minimum absolute atomic E-state index is 0.122. The zero-order valence-corrected chi connectivity index (χ0v) is 17.6. The summed E-state index contributed by atoms with van der Waals surface area (Å²) in [5.41, 5.74) is 2.26. The van der Waals surface area contributed by atoms with Crippen molar-refractivity contribution in [2.75, 3.05) is 6.61 Å². The van der Waals surface area contributed by atoms with Crippen molar-refractivity contribution >= 4 is 5.78 Å². The molecular weight excluding hydrogens is 348 g/mol. The maximum Gasteiger partial charge on any atom is 0.162 e. The molecule has 28 heavy (non-hydrogen) atoms. The molecule has 3 heteroatoms. The van der Waals surface area contributed by atoms with Gasteiger partial charge in [0.1, 0.15) is 0 Å². The molecule has 2 fully saturated rings. The van der Waals surface area contributed by atoms with Crippen molar-refractivity contribution in [1.29, 1.82) is 0 Å². The van der Waals surface area contributed by atoms with Crippen LogP contribution in [-0.2, 0) is 9.47 Å². The van der Waals surface area contributed by atoms with Gasteiger partial charge in [-0.2, -0.15) is 0 Å². The highest BCUT2D eigenvalue weighted by atomic mass is 16.7. The molecule has 0 amide bonds. The molecule has 3 rings (SSSR count). The first-order valence-corrected chi connectivity index (χ1v) is 11.1. The van der Waals surface area contributed by atoms with E-state index in [4.69, 9.17) is 9.47 Å². The largest absolute Gasteiger partial charge is 0.352 e. The van der Waals surface area contributed by atoms with E-state index in [0.717, 1.165) is 37.4 Å². The summed E-state index contributed by atoms with van der Waals surface area (Å²) in [6, 6.07) is 9.55. The summed E-state index contributed by atoms with van der Waals surface area (Å²) < 4.78 is 12.1. The topological polar surface area (TPSA) is 35.5 Å². The van der Waals surface area contributed by atoms with Gasteiger partial charge in [-0.3, -0.25) is 4.79 Å². The van der Waals surface area contributed by atoms with Gasteiger partial charge in [0.15, 0.2) is 12.1 Å². The van der Waals surface area contributed by atoms with Gasteiger partial charge in [-0.15, -0.1) is 0 Å². The Labute approximate surface area is 170 Å². The van der Waals surface area contributed by atoms with Gasteiger partial charge in [0.2, 0.25) is 0 Å². The van der Waals surface area contributed by atoms with E-state index in [2.05, 4.69) is 19.9 Å². The number of benzene rings is 1. The SMILES string of the molecule is CC(=CC1CCCCC1)CC(C)C1OCCC(CCC(=O)c2ccccc2)O1. The summed E-state index contributed by atoms with van der Waals surface area (Å²) in [6.45, 7) is 5.20. The fourth-order valence-electron chi connectivity index (χ4n) is 4.56. The lowest BCUT2D eigenvalue weighted by atomic mass is 9.87. The van der Waals surface area contributed by atoms with E-state index in [1.807, 2.05) is 30.3 Å². The zero-order valence-electron chi connectivity index (χ0n) is 17.6. The van der Waals surface area contributed by atoms with Crippen LogP contribution in [0.15, 0.2) is 42.0 Å². The lowest BCUT2D eigenvalue weighted by Crippen LogP contribution is -2.36. The molecule has 2 aliphatic rings. The van der Waals surface area contributed by atoms with Gasteiger partial charge in [-0.1, -0.05) is 68.2 Å². The van der Waals surface area contributed by atoms with Gasteiger partial charge < -0.3 is 9.47 Å². The van der Waals surface area contributed by atoms with Crippen molar-refractivity contribution in [2.24, 2.45) is 11.8 Å². The van der Waals surface area contributed by atoms with Crippen LogP contribution in [-0.4, -0.2) is 24.8 Å². The lowest BCUT2D eigenvalue weighted by Gasteiger charge is -2.34. The molecule has 1 aliphatic carbocycles. The number of carbonyl (C=O) groups is 1. The first-order valence-electron chi connectivity index (χ1n) is 11.1. The smallest absolute Gasteiger partial charge is 0.162 e. The predicted octanol–water partition coefficient (Wildman–Crippen LogP) is 6.33. The van der Waals surface area contributed by atoms with Gasteiger partial charge in [0, 0.05) is 17.9 Å². The fourth-order valence-corrected chi connectivity index (χ4v) is 4.56. The second-order valence-electron chi connectivity index (χ2n) is 8.71. The van der Waals surface area contributed by atoms with Crippen LogP contribution in [0.5, 0.6) is 0 Å². The Balaban J connectivity index is 1.44. The molecule has 154 valence electrons. The van der Waals surface area contributed by atoms with Gasteiger partial charge in [0.05, 0.1) is 12.7 Å². The standard InChI is InChI=1S/C25H36O3/c1-19(18-21-9-5-3-6-10-21)17-20(2)25-27-16-15-23(28-25)13-14-24(26)22-11-7-4-8-12-22/h4,7-8,11-12,18,20-21,23,25H,3,5-6,9-10,13-17H2,1-2H3. The summed E-state index contributed by atoms with van der Waals surface area (Å²) in [4.78, 5) is 12.3. The molecular formula is C25H36O3. The van der Waals surface area contributed by atoms with E-state index in [-0.39, 0.29) is 18.2 Å². The van der Waals surface area contributed by atoms with Gasteiger partial charge in [0.25, 0.3) is 0 Å². The molecule has 1 aliphatic heterocycles. The third kappa shape index (κ3) is 6.56. The second-order valence-corrected chi connectivity index (χ2v) is 8.71. The first-order chi connectivity index (χ1) is 13.6. The van der Waals surface area contributed by atoms with Crippen molar-refractivity contribution < 1.29 is 14.3 Å². The quantitative estimate of drug-likeness (QED) is 0.388. The maximum atomic E-state index is 12.3. The number of carbonyl (C=O) groups excluding carboxylic acids is 1. The molecule has 1 saturated carbocycles. The Morgan fingerprint density at radius 3 is 2.64 bits per heavy atom. The van der Waals surface area contributed by atoms with E-state index in [1.165, 1.54) is 37.7 Å². The molecule has 1 saturated heterocycles. The fraction of sp³-hybridized carbons (Fsp3) is 0.640. The molecule has 3 unspecified atom stereocenters. The Morgan fingerprint density at radius 2 is 1.89 bits per heavy atom. The summed E-state index contributed by atoms with van der Waals surface area (Å²) in [6.07, 6.45) is 12.5. The summed E-state index contributed by atoms with van der Waals surface area (Å²) in [5, 5.41) is 0. The van der Waals surface area contributed by atoms with Crippen LogP contribution in [0.25, 0.3) is 0 Å². The summed E-state index contributed by atoms with van der Waals surface area (Å²) in [5.74, 6) is 1.31. The van der Waals surface area contributed by atoms with Gasteiger partial charge in [-0.05, 0) is 44.9 Å². The summed E-state index contributed by atoms with van der Waals surface area (Å²) in [7, 11) is 0. The van der Waals surface area contributed by atoms with Crippen LogP contribution >= 0.6 is 0 Å². The minimum Gasteiger partial charge on any atom is -0.352 e. The molecule has 1 aromatic carbocycles. The van der Waals surface area contributed by atoms with Crippen molar-refractivity contribution in [3.05, 3.63) is 47.5 Å². The first kappa shape index (κ1) is 21.3. The van der Waals surface area contributed by atoms with Gasteiger partial charge >= 0.3 is 0 Å². The Hall–Kier alpha value is -1.45. The third-order valence-electron chi connectivity index (χ3n) is 6.12. The van der Waals surface area contributed by atoms with Crippen LogP contribution in [0.3, 0.4) is 0 Å². The van der Waals surface area contributed by atoms with E-state index < -0.39 is 0 Å². The number of ether oxygens (including phenoxy) is 2. The molecule has 0 spiro atoms. The second kappa shape index (κ2) is 10.9. The number of hydrogen-bond donors (Lipinski definition) is 0. The normalized spacial score (nSPS) is 25.4. The molecule has 0 bridgehead atoms. The lowest BCUT2D eigenvalue weighted by molar-refractivity contribution is -0.233. The van der Waals surface area contributed by atoms with Crippen LogP contribution in [0.1, 0.15) is 82.0 Å². The molecule has 1 aromatic rings. The van der Waals surface area contributed by atoms with Crippen molar-refractivity contribution in [3.8, 4) is 0 Å². The predicted molar refractivity (Wildman–Crippen MR) is 113 cm³/mol. The van der Waals surface area contributed by atoms with E-state index in [9.17, 15) is 4.79 Å². The van der Waals surface area contributed by atoms with Crippen LogP contribution in [0, 0.1) is 11.8 Å². The average molecular weight is 385 g/mol. The van der Waals surface area contributed by atoms with E-state index in [0.29, 0.717) is 12.3 Å². The molecule has 0 radical (unpaired) electrons. The van der Waals surface area contributed by atoms with Crippen molar-refractivity contribution in [1.82, 2.24) is 0 Å². The highest BCUT2D eigenvalue weighted by Crippen LogP contribution is 2.29. The van der Waals surface area contributed by atoms with Crippen LogP contribution in [0.4, 0.5) is 0 Å². The third-order valence-corrected chi connectivity index (χ3v) is 6.12. The molecule has 0 aromatic heterocycles. The molecule has 0 N–H and O–H groups in total. The highest BCUT2D eigenvalue weighted by Gasteiger charge is 2.28. The van der Waals surface area contributed by atoms with Gasteiger partial charge in [-0.25, -0.2) is 0 Å². The average Bonchev–Trinajstić information content (AvgIpc) is 2.73. The van der Waals surface area contributed by atoms with Crippen molar-refractivity contribution in [2.45, 2.75) is 84.0 Å². The van der Waals surface area contributed by atoms with E-state index >= 15 is 0 Å². The van der Waals surface area contributed by atoms with E-state index in [1.54, 1.807) is 0 Å². The van der Waals surface area contributed by atoms with Crippen molar-refractivity contribution in [3.63, 3.8) is 0 Å². The number of allylic oxidation sites excluding steroid dienone is 2. The molecule has 3 atom stereocenters. The Morgan fingerprint density at radius 1 is 1.14 bits per heavy atom. The maximum absolute atomic E-state index is 12.3. The minimum atomic E-state index is -0.153. The number of rotatable bonds is 8. The monoisotopic (exact) mass is 384 g/mol. The molecule has 1 heterocycles. The van der Waals surface area contributed by atoms with Crippen LogP contribution in [0.2, 0.25) is 0 Å². The van der Waals surface area contributed by atoms with Crippen LogP contribution < -0.4 is 0 Å². The highest BCUT2D eigenvalue weighted by molar-refractivity contribution is 5.95. The zero-order chi connectivity index (χ0) is 19.8. The number of ketones is 1. The molecule has 3 nitrogen and oxygen atoms in total. The Bertz CT molecular complexity index is 630.